The second-order valence-electron chi connectivity index (χ2n) is 6.23. The Morgan fingerprint density at radius 2 is 2.04 bits per heavy atom. The Labute approximate surface area is 141 Å². The van der Waals surface area contributed by atoms with Crippen molar-refractivity contribution in [3.8, 4) is 0 Å². The molecule has 1 rings (SSSR count). The van der Waals surface area contributed by atoms with Gasteiger partial charge < -0.3 is 14.2 Å². The smallest absolute Gasteiger partial charge is 0.305 e. The van der Waals surface area contributed by atoms with E-state index < -0.39 is 0 Å². The number of hydrogen-bond donors (Lipinski definition) is 0. The van der Waals surface area contributed by atoms with Crippen molar-refractivity contribution in [1.29, 1.82) is 0 Å². The third-order valence-corrected chi connectivity index (χ3v) is 4.04. The molecule has 0 N–H and O–H groups in total. The summed E-state index contributed by atoms with van der Waals surface area (Å²) < 4.78 is 16.2. The van der Waals surface area contributed by atoms with Crippen molar-refractivity contribution in [3.63, 3.8) is 0 Å². The van der Waals surface area contributed by atoms with E-state index in [1.54, 1.807) is 0 Å². The summed E-state index contributed by atoms with van der Waals surface area (Å²) in [5.41, 5.74) is 1.43. The van der Waals surface area contributed by atoms with Gasteiger partial charge in [-0.3, -0.25) is 4.79 Å². The van der Waals surface area contributed by atoms with Crippen LogP contribution in [0.15, 0.2) is 11.6 Å². The van der Waals surface area contributed by atoms with Gasteiger partial charge in [-0.2, -0.15) is 0 Å². The number of rotatable bonds is 12. The van der Waals surface area contributed by atoms with Crippen LogP contribution in [0.5, 0.6) is 0 Å². The van der Waals surface area contributed by atoms with Crippen LogP contribution in [0, 0.1) is 0 Å². The van der Waals surface area contributed by atoms with Crippen LogP contribution in [0.1, 0.15) is 78.1 Å². The minimum Gasteiger partial charge on any atom is -0.466 e. The van der Waals surface area contributed by atoms with Crippen molar-refractivity contribution >= 4 is 5.97 Å². The van der Waals surface area contributed by atoms with Gasteiger partial charge in [0.25, 0.3) is 0 Å². The molecule has 23 heavy (non-hydrogen) atoms. The van der Waals surface area contributed by atoms with Gasteiger partial charge in [-0.05, 0) is 65.2 Å². The minimum atomic E-state index is -0.0684. The average Bonchev–Trinajstić information content (AvgIpc) is 2.56. The Morgan fingerprint density at radius 3 is 2.78 bits per heavy atom. The van der Waals surface area contributed by atoms with Crippen LogP contribution >= 0.6 is 0 Å². The van der Waals surface area contributed by atoms with Gasteiger partial charge in [-0.15, -0.1) is 0 Å². The molecule has 1 fully saturated rings. The third kappa shape index (κ3) is 11.3. The molecule has 0 aliphatic carbocycles. The molecule has 1 saturated heterocycles. The monoisotopic (exact) mass is 326 g/mol. The highest BCUT2D eigenvalue weighted by molar-refractivity contribution is 5.69. The lowest BCUT2D eigenvalue weighted by atomic mass is 10.1. The van der Waals surface area contributed by atoms with Crippen LogP contribution < -0.4 is 0 Å². The van der Waals surface area contributed by atoms with E-state index in [0.717, 1.165) is 58.2 Å². The molecule has 1 aliphatic rings. The third-order valence-electron chi connectivity index (χ3n) is 4.04. The summed E-state index contributed by atoms with van der Waals surface area (Å²) in [5, 5.41) is 0. The van der Waals surface area contributed by atoms with E-state index in [2.05, 4.69) is 13.0 Å². The zero-order valence-corrected chi connectivity index (χ0v) is 15.0. The van der Waals surface area contributed by atoms with Crippen LogP contribution in [0.3, 0.4) is 0 Å². The molecule has 4 nitrogen and oxygen atoms in total. The molecule has 0 aromatic heterocycles. The first-order valence-electron chi connectivity index (χ1n) is 9.27. The maximum Gasteiger partial charge on any atom is 0.305 e. The van der Waals surface area contributed by atoms with E-state index >= 15 is 0 Å². The molecule has 134 valence electrons. The summed E-state index contributed by atoms with van der Waals surface area (Å²) in [6.45, 7) is 6.15. The average molecular weight is 326 g/mol. The molecule has 1 aliphatic heterocycles. The molecule has 1 heterocycles. The molecule has 0 bridgehead atoms. The Hall–Kier alpha value is -0.870. The summed E-state index contributed by atoms with van der Waals surface area (Å²) in [4.78, 5) is 11.2. The minimum absolute atomic E-state index is 0.0347. The largest absolute Gasteiger partial charge is 0.466 e. The van der Waals surface area contributed by atoms with Gasteiger partial charge in [0.2, 0.25) is 0 Å². The zero-order valence-electron chi connectivity index (χ0n) is 15.0. The molecule has 0 aromatic carbocycles. The van der Waals surface area contributed by atoms with E-state index in [-0.39, 0.29) is 12.3 Å². The number of carbonyl (C=O) groups excluding carboxylic acids is 1. The highest BCUT2D eigenvalue weighted by Gasteiger charge is 2.13. The first-order chi connectivity index (χ1) is 11.2. The first kappa shape index (κ1) is 20.2. The van der Waals surface area contributed by atoms with Gasteiger partial charge in [0.05, 0.1) is 13.2 Å². The molecule has 1 atom stereocenters. The summed E-state index contributed by atoms with van der Waals surface area (Å²) in [6, 6.07) is 0. The van der Waals surface area contributed by atoms with E-state index in [1.165, 1.54) is 18.4 Å². The quantitative estimate of drug-likeness (QED) is 0.294. The van der Waals surface area contributed by atoms with Crippen molar-refractivity contribution in [2.45, 2.75) is 84.3 Å². The Morgan fingerprint density at radius 1 is 1.17 bits per heavy atom. The fraction of sp³-hybridized carbons (Fsp3) is 0.842. The number of hydrogen-bond acceptors (Lipinski definition) is 4. The summed E-state index contributed by atoms with van der Waals surface area (Å²) in [6.07, 6.45) is 12.8. The van der Waals surface area contributed by atoms with E-state index in [9.17, 15) is 4.79 Å². The molecule has 0 radical (unpaired) electrons. The molecule has 0 aromatic rings. The molecule has 0 saturated carbocycles. The molecule has 0 spiro atoms. The lowest BCUT2D eigenvalue weighted by Crippen LogP contribution is -2.22. The lowest BCUT2D eigenvalue weighted by Gasteiger charge is -2.22. The molecular weight excluding hydrogens is 292 g/mol. The van der Waals surface area contributed by atoms with Crippen molar-refractivity contribution in [2.75, 3.05) is 19.8 Å². The number of allylic oxidation sites excluding steroid dienone is 2. The van der Waals surface area contributed by atoms with Crippen LogP contribution in [0.25, 0.3) is 0 Å². The van der Waals surface area contributed by atoms with Crippen molar-refractivity contribution in [2.24, 2.45) is 0 Å². The van der Waals surface area contributed by atoms with Crippen molar-refractivity contribution < 1.29 is 19.0 Å². The maximum atomic E-state index is 11.2. The van der Waals surface area contributed by atoms with Crippen molar-refractivity contribution in [3.05, 3.63) is 11.6 Å². The van der Waals surface area contributed by atoms with Crippen molar-refractivity contribution in [1.82, 2.24) is 0 Å². The highest BCUT2D eigenvalue weighted by Crippen LogP contribution is 2.15. The number of esters is 1. The van der Waals surface area contributed by atoms with Gasteiger partial charge in [-0.1, -0.05) is 18.1 Å². The van der Waals surface area contributed by atoms with Gasteiger partial charge in [0.1, 0.15) is 0 Å². The lowest BCUT2D eigenvalue weighted by molar-refractivity contribution is -0.162. The summed E-state index contributed by atoms with van der Waals surface area (Å²) in [7, 11) is 0. The second kappa shape index (κ2) is 13.6. The molecule has 4 heteroatoms. The van der Waals surface area contributed by atoms with E-state index in [4.69, 9.17) is 14.2 Å². The fourth-order valence-corrected chi connectivity index (χ4v) is 2.68. The maximum absolute atomic E-state index is 11.2. The molecule has 1 unspecified atom stereocenters. The van der Waals surface area contributed by atoms with Gasteiger partial charge in [0.15, 0.2) is 6.29 Å². The zero-order chi connectivity index (χ0) is 16.8. The number of ether oxygens (including phenoxy) is 3. The van der Waals surface area contributed by atoms with Crippen LogP contribution in [-0.4, -0.2) is 32.1 Å². The molecule has 0 amide bonds. The standard InChI is InChI=1S/C19H34O4/c1-3-21-18(20)13-7-5-4-6-11-17(2)12-10-16-23-19-14-8-9-15-22-19/h11,19H,3-10,12-16H2,1-2H3/b17-11+. The van der Waals surface area contributed by atoms with E-state index in [1.807, 2.05) is 6.92 Å². The Bertz CT molecular complexity index is 332. The Balaban J connectivity index is 1.92. The summed E-state index contributed by atoms with van der Waals surface area (Å²) in [5.74, 6) is -0.0684. The highest BCUT2D eigenvalue weighted by atomic mass is 16.7. The predicted molar refractivity (Wildman–Crippen MR) is 92.3 cm³/mol. The number of carbonyl (C=O) groups is 1. The van der Waals surface area contributed by atoms with Crippen LogP contribution in [0.4, 0.5) is 0 Å². The predicted octanol–water partition coefficient (Wildman–Crippen LogP) is 4.77. The van der Waals surface area contributed by atoms with Crippen LogP contribution in [-0.2, 0) is 19.0 Å². The summed E-state index contributed by atoms with van der Waals surface area (Å²) >= 11 is 0. The Kier molecular flexibility index (Phi) is 11.9. The normalized spacial score (nSPS) is 18.9. The topological polar surface area (TPSA) is 44.8 Å². The van der Waals surface area contributed by atoms with Crippen LogP contribution in [0.2, 0.25) is 0 Å². The van der Waals surface area contributed by atoms with Gasteiger partial charge in [0, 0.05) is 13.0 Å². The second-order valence-corrected chi connectivity index (χ2v) is 6.23. The number of unbranched alkanes of at least 4 members (excludes halogenated alkanes) is 3. The first-order valence-corrected chi connectivity index (χ1v) is 9.27. The van der Waals surface area contributed by atoms with E-state index in [0.29, 0.717) is 13.0 Å². The molecular formula is C19H34O4. The SMILES string of the molecule is CCOC(=O)CCCCC/C=C(\C)CCCOC1CCCCO1. The van der Waals surface area contributed by atoms with Gasteiger partial charge >= 0.3 is 5.97 Å². The van der Waals surface area contributed by atoms with Gasteiger partial charge in [-0.25, -0.2) is 0 Å². The fourth-order valence-electron chi connectivity index (χ4n) is 2.68.